The van der Waals surface area contributed by atoms with Crippen LogP contribution in [0, 0.1) is 26.6 Å². The lowest BCUT2D eigenvalue weighted by molar-refractivity contribution is 0.102. The van der Waals surface area contributed by atoms with Crippen LogP contribution in [0.4, 0.5) is 10.1 Å². The fourth-order valence-electron chi connectivity index (χ4n) is 2.53. The maximum Gasteiger partial charge on any atom is 0.261 e. The van der Waals surface area contributed by atoms with Gasteiger partial charge in [-0.25, -0.2) is 4.39 Å². The molecule has 0 fully saturated rings. The van der Waals surface area contributed by atoms with Crippen LogP contribution in [0.5, 0.6) is 0 Å². The highest BCUT2D eigenvalue weighted by Crippen LogP contribution is 2.27. The number of rotatable bonds is 3. The van der Waals surface area contributed by atoms with E-state index in [1.54, 1.807) is 19.1 Å². The van der Waals surface area contributed by atoms with E-state index in [1.165, 1.54) is 12.1 Å². The van der Waals surface area contributed by atoms with Crippen LogP contribution in [0.2, 0.25) is 0 Å². The summed E-state index contributed by atoms with van der Waals surface area (Å²) in [5.41, 5.74) is 3.86. The summed E-state index contributed by atoms with van der Waals surface area (Å²) < 4.78 is 18.6. The van der Waals surface area contributed by atoms with Gasteiger partial charge >= 0.3 is 0 Å². The molecule has 2 aromatic carbocycles. The minimum Gasteiger partial charge on any atom is -0.360 e. The van der Waals surface area contributed by atoms with Gasteiger partial charge in [0.05, 0.1) is 0 Å². The Bertz CT molecular complexity index is 915. The van der Waals surface area contributed by atoms with E-state index >= 15 is 0 Å². The molecule has 3 aromatic rings. The molecular weight excluding hydrogens is 307 g/mol. The van der Waals surface area contributed by atoms with Crippen molar-refractivity contribution >= 4 is 11.6 Å². The maximum atomic E-state index is 13.5. The first kappa shape index (κ1) is 15.9. The standard InChI is InChI=1S/C19H17FN2O2/c1-11-7-8-12(2)16(9-11)21-19(23)17-13(3)24-22-18(17)14-5-4-6-15(20)10-14/h4-10H,1-3H3,(H,21,23). The van der Waals surface area contributed by atoms with Gasteiger partial charge in [0.15, 0.2) is 0 Å². The monoisotopic (exact) mass is 324 g/mol. The lowest BCUT2D eigenvalue weighted by Crippen LogP contribution is -2.14. The number of hydrogen-bond donors (Lipinski definition) is 1. The molecule has 24 heavy (non-hydrogen) atoms. The topological polar surface area (TPSA) is 55.1 Å². The molecule has 0 atom stereocenters. The van der Waals surface area contributed by atoms with E-state index in [0.717, 1.165) is 16.8 Å². The van der Waals surface area contributed by atoms with E-state index in [-0.39, 0.29) is 5.91 Å². The lowest BCUT2D eigenvalue weighted by atomic mass is 10.0. The summed E-state index contributed by atoms with van der Waals surface area (Å²) in [6.07, 6.45) is 0. The van der Waals surface area contributed by atoms with Crippen molar-refractivity contribution in [3.63, 3.8) is 0 Å². The van der Waals surface area contributed by atoms with E-state index in [0.29, 0.717) is 22.6 Å². The second-order valence-corrected chi connectivity index (χ2v) is 5.75. The van der Waals surface area contributed by atoms with Crippen LogP contribution in [0.15, 0.2) is 47.0 Å². The van der Waals surface area contributed by atoms with Crippen molar-refractivity contribution in [1.82, 2.24) is 5.16 Å². The average molecular weight is 324 g/mol. The molecule has 0 radical (unpaired) electrons. The van der Waals surface area contributed by atoms with E-state index in [9.17, 15) is 9.18 Å². The Hall–Kier alpha value is -2.95. The largest absolute Gasteiger partial charge is 0.360 e. The first-order valence-electron chi connectivity index (χ1n) is 7.56. The van der Waals surface area contributed by atoms with Crippen molar-refractivity contribution in [2.45, 2.75) is 20.8 Å². The molecule has 3 rings (SSSR count). The first-order chi connectivity index (χ1) is 11.5. The van der Waals surface area contributed by atoms with Crippen LogP contribution in [-0.2, 0) is 0 Å². The van der Waals surface area contributed by atoms with Crippen molar-refractivity contribution in [1.29, 1.82) is 0 Å². The number of carbonyl (C=O) groups excluding carboxylic acids is 1. The van der Waals surface area contributed by atoms with E-state index in [2.05, 4.69) is 10.5 Å². The molecule has 0 aliphatic rings. The number of aromatic nitrogens is 1. The van der Waals surface area contributed by atoms with Crippen molar-refractivity contribution in [2.75, 3.05) is 5.32 Å². The zero-order chi connectivity index (χ0) is 17.3. The van der Waals surface area contributed by atoms with Crippen LogP contribution in [-0.4, -0.2) is 11.1 Å². The SMILES string of the molecule is Cc1ccc(C)c(NC(=O)c2c(-c3cccc(F)c3)noc2C)c1. The molecule has 5 heteroatoms. The van der Waals surface area contributed by atoms with Gasteiger partial charge in [0.25, 0.3) is 5.91 Å². The first-order valence-corrected chi connectivity index (χ1v) is 7.56. The van der Waals surface area contributed by atoms with Gasteiger partial charge in [0.2, 0.25) is 0 Å². The Kier molecular flexibility index (Phi) is 4.16. The Labute approximate surface area is 139 Å². The fourth-order valence-corrected chi connectivity index (χ4v) is 2.53. The molecule has 0 bridgehead atoms. The number of hydrogen-bond acceptors (Lipinski definition) is 3. The van der Waals surface area contributed by atoms with Crippen molar-refractivity contribution < 1.29 is 13.7 Å². The molecule has 1 aromatic heterocycles. The zero-order valence-corrected chi connectivity index (χ0v) is 13.7. The molecule has 0 unspecified atom stereocenters. The number of amides is 1. The average Bonchev–Trinajstić information content (AvgIpc) is 2.93. The Morgan fingerprint density at radius 1 is 1.12 bits per heavy atom. The third-order valence-electron chi connectivity index (χ3n) is 3.83. The number of anilines is 1. The number of nitrogens with one attached hydrogen (secondary N) is 1. The third kappa shape index (κ3) is 3.06. The molecule has 0 spiro atoms. The predicted octanol–water partition coefficient (Wildman–Crippen LogP) is 4.66. The maximum absolute atomic E-state index is 13.5. The molecule has 0 saturated heterocycles. The van der Waals surface area contributed by atoms with Gasteiger partial charge in [0, 0.05) is 11.3 Å². The van der Waals surface area contributed by atoms with Crippen molar-refractivity contribution in [3.8, 4) is 11.3 Å². The summed E-state index contributed by atoms with van der Waals surface area (Å²) in [4.78, 5) is 12.7. The summed E-state index contributed by atoms with van der Waals surface area (Å²) in [5.74, 6) is -0.340. The van der Waals surface area contributed by atoms with Crippen LogP contribution in [0.1, 0.15) is 27.2 Å². The minimum absolute atomic E-state index is 0.307. The van der Waals surface area contributed by atoms with Gasteiger partial charge in [-0.05, 0) is 50.1 Å². The Morgan fingerprint density at radius 3 is 2.67 bits per heavy atom. The van der Waals surface area contributed by atoms with Gasteiger partial charge < -0.3 is 9.84 Å². The number of halogens is 1. The third-order valence-corrected chi connectivity index (χ3v) is 3.83. The smallest absolute Gasteiger partial charge is 0.261 e. The molecule has 1 amide bonds. The highest BCUT2D eigenvalue weighted by atomic mass is 19.1. The van der Waals surface area contributed by atoms with Crippen LogP contribution >= 0.6 is 0 Å². The molecule has 122 valence electrons. The molecule has 0 saturated carbocycles. The van der Waals surface area contributed by atoms with Crippen molar-refractivity contribution in [2.24, 2.45) is 0 Å². The highest BCUT2D eigenvalue weighted by molar-refractivity contribution is 6.09. The molecule has 1 heterocycles. The van der Waals surface area contributed by atoms with Crippen LogP contribution in [0.25, 0.3) is 11.3 Å². The molecule has 0 aliphatic heterocycles. The van der Waals surface area contributed by atoms with Gasteiger partial charge in [-0.1, -0.05) is 29.4 Å². The second kappa shape index (κ2) is 6.28. The van der Waals surface area contributed by atoms with E-state index in [1.807, 2.05) is 32.0 Å². The number of aryl methyl sites for hydroxylation is 3. The molecule has 4 nitrogen and oxygen atoms in total. The molecule has 0 aliphatic carbocycles. The summed E-state index contributed by atoms with van der Waals surface area (Å²) in [6.45, 7) is 5.54. The van der Waals surface area contributed by atoms with E-state index < -0.39 is 5.82 Å². The fraction of sp³-hybridized carbons (Fsp3) is 0.158. The second-order valence-electron chi connectivity index (χ2n) is 5.75. The Balaban J connectivity index is 1.99. The van der Waals surface area contributed by atoms with E-state index in [4.69, 9.17) is 4.52 Å². The zero-order valence-electron chi connectivity index (χ0n) is 13.7. The summed E-state index contributed by atoms with van der Waals surface area (Å²) in [6, 6.07) is 11.7. The van der Waals surface area contributed by atoms with Crippen LogP contribution in [0.3, 0.4) is 0 Å². The minimum atomic E-state index is -0.394. The summed E-state index contributed by atoms with van der Waals surface area (Å²) in [7, 11) is 0. The lowest BCUT2D eigenvalue weighted by Gasteiger charge is -2.09. The number of benzene rings is 2. The summed E-state index contributed by atoms with van der Waals surface area (Å²) in [5, 5.41) is 6.81. The van der Waals surface area contributed by atoms with Gasteiger partial charge in [-0.15, -0.1) is 0 Å². The summed E-state index contributed by atoms with van der Waals surface area (Å²) >= 11 is 0. The quantitative estimate of drug-likeness (QED) is 0.762. The predicted molar refractivity (Wildman–Crippen MR) is 90.5 cm³/mol. The normalized spacial score (nSPS) is 10.7. The van der Waals surface area contributed by atoms with Gasteiger partial charge in [-0.3, -0.25) is 4.79 Å². The van der Waals surface area contributed by atoms with Crippen LogP contribution < -0.4 is 5.32 Å². The Morgan fingerprint density at radius 2 is 1.92 bits per heavy atom. The number of carbonyl (C=O) groups is 1. The van der Waals surface area contributed by atoms with Crippen molar-refractivity contribution in [3.05, 3.63) is 70.7 Å². The van der Waals surface area contributed by atoms with Gasteiger partial charge in [0.1, 0.15) is 22.8 Å². The molecule has 1 N–H and O–H groups in total. The van der Waals surface area contributed by atoms with Gasteiger partial charge in [-0.2, -0.15) is 0 Å². The molecular formula is C19H17FN2O2. The highest BCUT2D eigenvalue weighted by Gasteiger charge is 2.22. The number of nitrogens with zero attached hydrogens (tertiary/aromatic N) is 1.